The number of amides is 1. The monoisotopic (exact) mass is 551 g/mol. The van der Waals surface area contributed by atoms with Crippen molar-refractivity contribution in [3.05, 3.63) is 40.7 Å². The second kappa shape index (κ2) is 10.3. The summed E-state index contributed by atoms with van der Waals surface area (Å²) in [5.74, 6) is 3.01. The molecule has 39 heavy (non-hydrogen) atoms. The summed E-state index contributed by atoms with van der Waals surface area (Å²) < 4.78 is 23.2. The number of nitrogens with one attached hydrogen (secondary N) is 1. The van der Waals surface area contributed by atoms with Gasteiger partial charge in [-0.25, -0.2) is 9.55 Å². The quantitative estimate of drug-likeness (QED) is 0.440. The first-order chi connectivity index (χ1) is 18.9. The first-order valence-electron chi connectivity index (χ1n) is 12.8. The number of anilines is 1. The van der Waals surface area contributed by atoms with Crippen molar-refractivity contribution in [2.75, 3.05) is 52.5 Å². The number of rotatable bonds is 7. The molecule has 0 saturated carbocycles. The second-order valence-corrected chi connectivity index (χ2v) is 10.1. The van der Waals surface area contributed by atoms with Gasteiger partial charge in [-0.2, -0.15) is 0 Å². The minimum atomic E-state index is -0.566. The Labute approximate surface area is 230 Å². The van der Waals surface area contributed by atoms with Gasteiger partial charge in [0.25, 0.3) is 5.91 Å². The lowest BCUT2D eigenvalue weighted by molar-refractivity contribution is -0.133. The summed E-state index contributed by atoms with van der Waals surface area (Å²) in [4.78, 5) is 34.9. The molecule has 204 valence electrons. The van der Waals surface area contributed by atoms with E-state index in [1.807, 2.05) is 23.1 Å². The molecule has 0 radical (unpaired) electrons. The summed E-state index contributed by atoms with van der Waals surface area (Å²) in [5.41, 5.74) is 1.75. The highest BCUT2D eigenvalue weighted by atomic mass is 32.1. The molecule has 2 aromatic carbocycles. The van der Waals surface area contributed by atoms with E-state index in [4.69, 9.17) is 31.2 Å². The lowest BCUT2D eigenvalue weighted by Gasteiger charge is -2.35. The number of nitrogens with zero attached hydrogens (tertiary/aromatic N) is 4. The van der Waals surface area contributed by atoms with Gasteiger partial charge in [-0.15, -0.1) is 0 Å². The van der Waals surface area contributed by atoms with Crippen molar-refractivity contribution in [2.24, 2.45) is 0 Å². The van der Waals surface area contributed by atoms with Gasteiger partial charge in [-0.3, -0.25) is 14.5 Å². The number of carbonyl (C=O) groups is 2. The number of piperazine rings is 1. The standard InChI is InChI=1S/C27H29N5O6S/c1-35-21-12-17-19(13-22(21)36-2)29-27(39)32-25(17)28-18(26(32)34)4-6-24(33)31-9-7-30(8-10-31)14-16-3-5-20-23(11-16)38-15-37-20/h3,5,11-13,18,28H,4,6-10,14-15H2,1-2H3. The van der Waals surface area contributed by atoms with Crippen LogP contribution in [0.5, 0.6) is 23.0 Å². The number of fused-ring (bicyclic) bond motifs is 4. The molecule has 1 fully saturated rings. The van der Waals surface area contributed by atoms with Crippen LogP contribution in [0.2, 0.25) is 0 Å². The number of hydrogen-bond donors (Lipinski definition) is 1. The van der Waals surface area contributed by atoms with E-state index in [9.17, 15) is 9.59 Å². The maximum atomic E-state index is 13.2. The summed E-state index contributed by atoms with van der Waals surface area (Å²) in [5, 5.41) is 3.98. The SMILES string of the molecule is COc1cc2nc(=S)n3c(c2cc1OC)NC(CCC(=O)N1CCN(Cc2ccc4c(c2)OCO4)CC1)C3=O. The largest absolute Gasteiger partial charge is 0.493 e. The first-order valence-corrected chi connectivity index (χ1v) is 13.2. The molecule has 1 aromatic heterocycles. The van der Waals surface area contributed by atoms with Crippen molar-refractivity contribution < 1.29 is 28.5 Å². The molecule has 1 amide bonds. The van der Waals surface area contributed by atoms with Gasteiger partial charge in [0.2, 0.25) is 17.5 Å². The molecule has 3 aliphatic rings. The Morgan fingerprint density at radius 1 is 1.08 bits per heavy atom. The number of aromatic nitrogens is 2. The Kier molecular flexibility index (Phi) is 6.73. The van der Waals surface area contributed by atoms with Crippen LogP contribution in [-0.4, -0.2) is 84.4 Å². The maximum absolute atomic E-state index is 13.2. The molecule has 12 heteroatoms. The average molecular weight is 552 g/mol. The lowest BCUT2D eigenvalue weighted by atomic mass is 10.1. The van der Waals surface area contributed by atoms with Crippen LogP contribution in [-0.2, 0) is 11.3 Å². The highest BCUT2D eigenvalue weighted by Gasteiger charge is 2.33. The zero-order valence-corrected chi connectivity index (χ0v) is 22.6. The fourth-order valence-corrected chi connectivity index (χ4v) is 5.60. The molecule has 0 bridgehead atoms. The molecule has 11 nitrogen and oxygen atoms in total. The van der Waals surface area contributed by atoms with Crippen LogP contribution in [0.25, 0.3) is 10.9 Å². The zero-order valence-electron chi connectivity index (χ0n) is 21.8. The van der Waals surface area contributed by atoms with E-state index < -0.39 is 6.04 Å². The third-order valence-electron chi connectivity index (χ3n) is 7.43. The minimum absolute atomic E-state index is 0.0428. The smallest absolute Gasteiger partial charge is 0.257 e. The number of benzene rings is 2. The van der Waals surface area contributed by atoms with E-state index in [1.165, 1.54) is 4.57 Å². The van der Waals surface area contributed by atoms with E-state index >= 15 is 0 Å². The van der Waals surface area contributed by atoms with E-state index in [1.54, 1.807) is 26.4 Å². The van der Waals surface area contributed by atoms with Crippen molar-refractivity contribution in [2.45, 2.75) is 25.4 Å². The molecular formula is C27H29N5O6S. The molecule has 0 spiro atoms. The molecule has 1 atom stereocenters. The number of ether oxygens (including phenoxy) is 4. The molecule has 1 saturated heterocycles. The van der Waals surface area contributed by atoms with Crippen LogP contribution in [0.15, 0.2) is 30.3 Å². The van der Waals surface area contributed by atoms with Crippen molar-refractivity contribution in [3.8, 4) is 23.0 Å². The van der Waals surface area contributed by atoms with Gasteiger partial charge in [-0.05, 0) is 42.4 Å². The number of methoxy groups -OCH3 is 2. The molecule has 1 unspecified atom stereocenters. The van der Waals surface area contributed by atoms with Gasteiger partial charge < -0.3 is 29.2 Å². The predicted octanol–water partition coefficient (Wildman–Crippen LogP) is 3.07. The summed E-state index contributed by atoms with van der Waals surface area (Å²) in [6.45, 7) is 3.91. The van der Waals surface area contributed by atoms with Gasteiger partial charge in [0.05, 0.1) is 19.7 Å². The third-order valence-corrected chi connectivity index (χ3v) is 7.71. The minimum Gasteiger partial charge on any atom is -0.493 e. The highest BCUT2D eigenvalue weighted by molar-refractivity contribution is 7.71. The molecule has 6 rings (SSSR count). The van der Waals surface area contributed by atoms with Crippen LogP contribution >= 0.6 is 12.2 Å². The van der Waals surface area contributed by atoms with E-state index in [0.29, 0.717) is 47.7 Å². The van der Waals surface area contributed by atoms with Crippen LogP contribution in [0.3, 0.4) is 0 Å². The molecule has 0 aliphatic carbocycles. The Morgan fingerprint density at radius 3 is 2.59 bits per heavy atom. The highest BCUT2D eigenvalue weighted by Crippen LogP contribution is 2.37. The zero-order chi connectivity index (χ0) is 27.1. The molecule has 3 aromatic rings. The molecular weight excluding hydrogens is 522 g/mol. The maximum Gasteiger partial charge on any atom is 0.257 e. The molecule has 4 heterocycles. The summed E-state index contributed by atoms with van der Waals surface area (Å²) in [7, 11) is 3.10. The predicted molar refractivity (Wildman–Crippen MR) is 145 cm³/mol. The Hall–Kier alpha value is -3.90. The van der Waals surface area contributed by atoms with E-state index in [-0.39, 0.29) is 29.8 Å². The van der Waals surface area contributed by atoms with Gasteiger partial charge in [-0.1, -0.05) is 6.07 Å². The average Bonchev–Trinajstić information content (AvgIpc) is 3.55. The Balaban J connectivity index is 1.06. The number of carbonyl (C=O) groups excluding carboxylic acids is 2. The third kappa shape index (κ3) is 4.74. The van der Waals surface area contributed by atoms with Gasteiger partial charge >= 0.3 is 0 Å². The summed E-state index contributed by atoms with van der Waals surface area (Å²) in [6, 6.07) is 8.95. The number of hydrogen-bond acceptors (Lipinski definition) is 10. The Morgan fingerprint density at radius 2 is 1.82 bits per heavy atom. The van der Waals surface area contributed by atoms with Crippen LogP contribution in [0.4, 0.5) is 5.82 Å². The Bertz CT molecular complexity index is 1520. The fraction of sp³-hybridized carbons (Fsp3) is 0.407. The first kappa shape index (κ1) is 25.4. The second-order valence-electron chi connectivity index (χ2n) is 9.72. The molecule has 1 N–H and O–H groups in total. The van der Waals surface area contributed by atoms with Crippen LogP contribution < -0.4 is 24.3 Å². The van der Waals surface area contributed by atoms with Gasteiger partial charge in [0, 0.05) is 50.6 Å². The lowest BCUT2D eigenvalue weighted by Crippen LogP contribution is -2.48. The van der Waals surface area contributed by atoms with Crippen molar-refractivity contribution in [1.29, 1.82) is 0 Å². The van der Waals surface area contributed by atoms with Gasteiger partial charge in [0.1, 0.15) is 11.9 Å². The van der Waals surface area contributed by atoms with Crippen molar-refractivity contribution in [3.63, 3.8) is 0 Å². The van der Waals surface area contributed by atoms with Crippen molar-refractivity contribution in [1.82, 2.24) is 19.4 Å². The van der Waals surface area contributed by atoms with E-state index in [0.717, 1.165) is 36.7 Å². The normalized spacial score (nSPS) is 18.3. The molecule has 3 aliphatic heterocycles. The van der Waals surface area contributed by atoms with Crippen LogP contribution in [0, 0.1) is 4.77 Å². The van der Waals surface area contributed by atoms with Crippen molar-refractivity contribution >= 4 is 40.8 Å². The van der Waals surface area contributed by atoms with E-state index in [2.05, 4.69) is 15.2 Å². The van der Waals surface area contributed by atoms with Gasteiger partial charge in [0.15, 0.2) is 23.0 Å². The summed E-state index contributed by atoms with van der Waals surface area (Å²) >= 11 is 5.42. The topological polar surface area (TPSA) is 107 Å². The fourth-order valence-electron chi connectivity index (χ4n) is 5.32. The summed E-state index contributed by atoms with van der Waals surface area (Å²) in [6.07, 6.45) is 0.621. The van der Waals surface area contributed by atoms with Crippen LogP contribution in [0.1, 0.15) is 23.2 Å².